The summed E-state index contributed by atoms with van der Waals surface area (Å²) in [6.45, 7) is 4.40. The van der Waals surface area contributed by atoms with Crippen molar-refractivity contribution in [1.29, 1.82) is 0 Å². The van der Waals surface area contributed by atoms with E-state index in [0.717, 1.165) is 25.7 Å². The molecule has 0 aromatic rings. The Labute approximate surface area is 74.3 Å². The Bertz CT molecular complexity index is 152. The molecule has 0 unspecified atom stereocenters. The number of esters is 1. The van der Waals surface area contributed by atoms with E-state index in [1.807, 2.05) is 0 Å². The van der Waals surface area contributed by atoms with E-state index in [1.54, 1.807) is 0 Å². The molecule has 1 aliphatic rings. The second-order valence-corrected chi connectivity index (χ2v) is 3.98. The monoisotopic (exact) mass is 170 g/mol. The van der Waals surface area contributed by atoms with Gasteiger partial charge in [-0.2, -0.15) is 0 Å². The van der Waals surface area contributed by atoms with Crippen LogP contribution in [0.1, 0.15) is 46.0 Å². The van der Waals surface area contributed by atoms with Crippen molar-refractivity contribution < 1.29 is 9.53 Å². The molecule has 1 fully saturated rings. The third-order valence-electron chi connectivity index (χ3n) is 2.27. The van der Waals surface area contributed by atoms with Crippen molar-refractivity contribution in [3.63, 3.8) is 0 Å². The summed E-state index contributed by atoms with van der Waals surface area (Å²) >= 11 is 0. The van der Waals surface area contributed by atoms with Crippen LogP contribution in [0.25, 0.3) is 0 Å². The third kappa shape index (κ3) is 3.24. The van der Waals surface area contributed by atoms with Gasteiger partial charge < -0.3 is 4.74 Å². The van der Waals surface area contributed by atoms with E-state index in [2.05, 4.69) is 13.8 Å². The summed E-state index contributed by atoms with van der Waals surface area (Å²) in [6, 6.07) is 0. The van der Waals surface area contributed by atoms with Crippen LogP contribution in [0.2, 0.25) is 0 Å². The fourth-order valence-electron chi connectivity index (χ4n) is 1.50. The first-order valence-corrected chi connectivity index (χ1v) is 4.88. The van der Waals surface area contributed by atoms with E-state index < -0.39 is 0 Å². The molecule has 0 saturated carbocycles. The standard InChI is InChI=1S/C10H18O2/c1-8(2)6-7-9-4-3-5-10(11)12-9/h8-9H,3-7H2,1-2H3/t9-/m1/s1. The van der Waals surface area contributed by atoms with Gasteiger partial charge in [-0.1, -0.05) is 13.8 Å². The van der Waals surface area contributed by atoms with Gasteiger partial charge in [0, 0.05) is 6.42 Å². The van der Waals surface area contributed by atoms with Crippen LogP contribution in [0.4, 0.5) is 0 Å². The summed E-state index contributed by atoms with van der Waals surface area (Å²) in [7, 11) is 0. The van der Waals surface area contributed by atoms with Gasteiger partial charge >= 0.3 is 5.97 Å². The van der Waals surface area contributed by atoms with Crippen LogP contribution in [-0.4, -0.2) is 12.1 Å². The molecule has 12 heavy (non-hydrogen) atoms. The molecule has 0 aromatic heterocycles. The van der Waals surface area contributed by atoms with Crippen LogP contribution in [0.3, 0.4) is 0 Å². The first-order chi connectivity index (χ1) is 5.68. The fraction of sp³-hybridized carbons (Fsp3) is 0.900. The lowest BCUT2D eigenvalue weighted by Crippen LogP contribution is -2.23. The number of hydrogen-bond acceptors (Lipinski definition) is 2. The van der Waals surface area contributed by atoms with Gasteiger partial charge in [-0.25, -0.2) is 0 Å². The fourth-order valence-corrected chi connectivity index (χ4v) is 1.50. The Morgan fingerprint density at radius 1 is 1.58 bits per heavy atom. The minimum Gasteiger partial charge on any atom is -0.462 e. The zero-order chi connectivity index (χ0) is 8.97. The van der Waals surface area contributed by atoms with Gasteiger partial charge in [-0.05, 0) is 31.6 Å². The first kappa shape index (κ1) is 9.56. The van der Waals surface area contributed by atoms with Crippen molar-refractivity contribution in [3.05, 3.63) is 0 Å². The molecule has 1 atom stereocenters. The number of cyclic esters (lactones) is 1. The zero-order valence-electron chi connectivity index (χ0n) is 8.01. The smallest absolute Gasteiger partial charge is 0.306 e. The molecular formula is C10H18O2. The molecule has 70 valence electrons. The van der Waals surface area contributed by atoms with Crippen molar-refractivity contribution in [2.45, 2.75) is 52.1 Å². The topological polar surface area (TPSA) is 26.3 Å². The summed E-state index contributed by atoms with van der Waals surface area (Å²) in [5.74, 6) is 0.709. The maximum absolute atomic E-state index is 10.9. The predicted molar refractivity (Wildman–Crippen MR) is 47.8 cm³/mol. The highest BCUT2D eigenvalue weighted by Crippen LogP contribution is 2.19. The van der Waals surface area contributed by atoms with Gasteiger partial charge in [0.05, 0.1) is 0 Å². The average molecular weight is 170 g/mol. The van der Waals surface area contributed by atoms with Crippen LogP contribution < -0.4 is 0 Å². The third-order valence-corrected chi connectivity index (χ3v) is 2.27. The zero-order valence-corrected chi connectivity index (χ0v) is 8.01. The van der Waals surface area contributed by atoms with Gasteiger partial charge in [-0.3, -0.25) is 4.79 Å². The number of carbonyl (C=O) groups is 1. The number of ether oxygens (including phenoxy) is 1. The molecule has 0 aromatic carbocycles. The first-order valence-electron chi connectivity index (χ1n) is 4.88. The van der Waals surface area contributed by atoms with Gasteiger partial charge in [0.15, 0.2) is 0 Å². The molecule has 0 aliphatic carbocycles. The Hall–Kier alpha value is -0.530. The van der Waals surface area contributed by atoms with E-state index in [0.29, 0.717) is 12.3 Å². The lowest BCUT2D eigenvalue weighted by Gasteiger charge is -2.22. The Morgan fingerprint density at radius 2 is 2.33 bits per heavy atom. The molecule has 0 radical (unpaired) electrons. The van der Waals surface area contributed by atoms with E-state index in [-0.39, 0.29) is 12.1 Å². The van der Waals surface area contributed by atoms with Crippen molar-refractivity contribution in [3.8, 4) is 0 Å². The van der Waals surface area contributed by atoms with Gasteiger partial charge in [-0.15, -0.1) is 0 Å². The number of rotatable bonds is 3. The highest BCUT2D eigenvalue weighted by Gasteiger charge is 2.19. The lowest BCUT2D eigenvalue weighted by atomic mass is 10.00. The molecule has 0 spiro atoms. The summed E-state index contributed by atoms with van der Waals surface area (Å²) in [6.07, 6.45) is 5.13. The minimum absolute atomic E-state index is 0.00462. The Kier molecular flexibility index (Phi) is 3.57. The lowest BCUT2D eigenvalue weighted by molar-refractivity contribution is -0.154. The van der Waals surface area contributed by atoms with Crippen molar-refractivity contribution in [1.82, 2.24) is 0 Å². The normalized spacial score (nSPS) is 24.2. The molecule has 1 aliphatic heterocycles. The molecule has 2 heteroatoms. The van der Waals surface area contributed by atoms with Gasteiger partial charge in [0.25, 0.3) is 0 Å². The minimum atomic E-state index is -0.00462. The quantitative estimate of drug-likeness (QED) is 0.608. The maximum Gasteiger partial charge on any atom is 0.306 e. The summed E-state index contributed by atoms with van der Waals surface area (Å²) < 4.78 is 5.20. The summed E-state index contributed by atoms with van der Waals surface area (Å²) in [5, 5.41) is 0. The van der Waals surface area contributed by atoms with Crippen molar-refractivity contribution >= 4 is 5.97 Å². The van der Waals surface area contributed by atoms with E-state index in [9.17, 15) is 4.79 Å². The van der Waals surface area contributed by atoms with Gasteiger partial charge in [0.1, 0.15) is 6.10 Å². The molecule has 0 bridgehead atoms. The largest absolute Gasteiger partial charge is 0.462 e. The van der Waals surface area contributed by atoms with Crippen LogP contribution >= 0.6 is 0 Å². The molecule has 0 N–H and O–H groups in total. The number of carbonyl (C=O) groups excluding carboxylic acids is 1. The van der Waals surface area contributed by atoms with E-state index >= 15 is 0 Å². The van der Waals surface area contributed by atoms with Gasteiger partial charge in [0.2, 0.25) is 0 Å². The SMILES string of the molecule is CC(C)CC[C@H]1CCCC(=O)O1. The van der Waals surface area contributed by atoms with Crippen LogP contribution in [0, 0.1) is 5.92 Å². The van der Waals surface area contributed by atoms with Crippen molar-refractivity contribution in [2.75, 3.05) is 0 Å². The molecule has 2 nitrogen and oxygen atoms in total. The molecule has 0 amide bonds. The molecule has 1 heterocycles. The van der Waals surface area contributed by atoms with Crippen LogP contribution in [0.15, 0.2) is 0 Å². The van der Waals surface area contributed by atoms with E-state index in [4.69, 9.17) is 4.74 Å². The molecular weight excluding hydrogens is 152 g/mol. The highest BCUT2D eigenvalue weighted by molar-refractivity contribution is 5.70. The Morgan fingerprint density at radius 3 is 2.92 bits per heavy atom. The summed E-state index contributed by atoms with van der Waals surface area (Å²) in [5.41, 5.74) is 0. The van der Waals surface area contributed by atoms with Crippen molar-refractivity contribution in [2.24, 2.45) is 5.92 Å². The highest BCUT2D eigenvalue weighted by atomic mass is 16.5. The number of hydrogen-bond donors (Lipinski definition) is 0. The maximum atomic E-state index is 10.9. The summed E-state index contributed by atoms with van der Waals surface area (Å²) in [4.78, 5) is 10.9. The molecule has 1 saturated heterocycles. The average Bonchev–Trinajstić information content (AvgIpc) is 2.01. The molecule has 1 rings (SSSR count). The Balaban J connectivity index is 2.18. The predicted octanol–water partition coefficient (Wildman–Crippen LogP) is 2.52. The van der Waals surface area contributed by atoms with Crippen LogP contribution in [0.5, 0.6) is 0 Å². The second-order valence-electron chi connectivity index (χ2n) is 3.98. The van der Waals surface area contributed by atoms with Crippen LogP contribution in [-0.2, 0) is 9.53 Å². The van der Waals surface area contributed by atoms with E-state index in [1.165, 1.54) is 0 Å². The second kappa shape index (κ2) is 4.48.